The average molecular weight is 440 g/mol. The molecule has 2 amide bonds. The van der Waals surface area contributed by atoms with Crippen molar-refractivity contribution in [2.75, 3.05) is 63.6 Å². The highest BCUT2D eigenvalue weighted by atomic mass is 19.1. The predicted octanol–water partition coefficient (Wildman–Crippen LogP) is 1.86. The molecule has 170 valence electrons. The number of nitrogens with zero attached hydrogens (tertiary/aromatic N) is 3. The second kappa shape index (κ2) is 9.67. The second-order valence-corrected chi connectivity index (χ2v) is 8.59. The standard InChI is InChI=1S/C24H30FN5O2/c1-28-10-12-30(13-11-28)22(17-6-7-21-18(14-17)8-9-29(21)2)16-26-23(31)24(32)27-20-5-3-4-19(25)15-20/h3-7,14-15,22H,8-13,16H2,1-2H3,(H,26,31)(H,27,32)/t22-/m0/s1. The number of hydrogen-bond acceptors (Lipinski definition) is 5. The van der Waals surface area contributed by atoms with Crippen molar-refractivity contribution < 1.29 is 14.0 Å². The van der Waals surface area contributed by atoms with Gasteiger partial charge in [0.2, 0.25) is 0 Å². The van der Waals surface area contributed by atoms with Crippen LogP contribution >= 0.6 is 0 Å². The highest BCUT2D eigenvalue weighted by molar-refractivity contribution is 6.39. The van der Waals surface area contributed by atoms with Crippen molar-refractivity contribution in [3.8, 4) is 0 Å². The fraction of sp³-hybridized carbons (Fsp3) is 0.417. The first-order valence-corrected chi connectivity index (χ1v) is 11.0. The van der Waals surface area contributed by atoms with Crippen LogP contribution in [0.3, 0.4) is 0 Å². The molecule has 1 atom stereocenters. The minimum atomic E-state index is -0.802. The van der Waals surface area contributed by atoms with E-state index in [2.05, 4.69) is 57.6 Å². The first-order valence-electron chi connectivity index (χ1n) is 11.0. The maximum atomic E-state index is 13.3. The Labute approximate surface area is 188 Å². The Bertz CT molecular complexity index is 990. The largest absolute Gasteiger partial charge is 0.374 e. The molecular formula is C24H30FN5O2. The lowest BCUT2D eigenvalue weighted by atomic mass is 10.00. The lowest BCUT2D eigenvalue weighted by molar-refractivity contribution is -0.136. The molecule has 2 aliphatic rings. The van der Waals surface area contributed by atoms with Gasteiger partial charge in [-0.3, -0.25) is 14.5 Å². The number of benzene rings is 2. The summed E-state index contributed by atoms with van der Waals surface area (Å²) in [4.78, 5) is 31.7. The Balaban J connectivity index is 1.46. The van der Waals surface area contributed by atoms with Gasteiger partial charge in [-0.25, -0.2) is 4.39 Å². The molecule has 2 aliphatic heterocycles. The van der Waals surface area contributed by atoms with Crippen molar-refractivity contribution in [3.05, 3.63) is 59.4 Å². The summed E-state index contributed by atoms with van der Waals surface area (Å²) in [7, 11) is 4.21. The summed E-state index contributed by atoms with van der Waals surface area (Å²) in [6.45, 7) is 5.03. The summed E-state index contributed by atoms with van der Waals surface area (Å²) in [5.41, 5.74) is 3.97. The quantitative estimate of drug-likeness (QED) is 0.697. The number of nitrogens with one attached hydrogen (secondary N) is 2. The highest BCUT2D eigenvalue weighted by Crippen LogP contribution is 2.31. The maximum Gasteiger partial charge on any atom is 0.313 e. The monoisotopic (exact) mass is 439 g/mol. The number of carbonyl (C=O) groups is 2. The van der Waals surface area contributed by atoms with Crippen LogP contribution in [0.4, 0.5) is 15.8 Å². The molecule has 0 aliphatic carbocycles. The molecule has 0 aromatic heterocycles. The van der Waals surface area contributed by atoms with Crippen LogP contribution in [0.5, 0.6) is 0 Å². The molecule has 7 nitrogen and oxygen atoms in total. The van der Waals surface area contributed by atoms with E-state index in [4.69, 9.17) is 0 Å². The number of piperazine rings is 1. The van der Waals surface area contributed by atoms with Gasteiger partial charge in [0.05, 0.1) is 6.04 Å². The van der Waals surface area contributed by atoms with Crippen molar-refractivity contribution in [1.82, 2.24) is 15.1 Å². The molecule has 0 spiro atoms. The number of amides is 2. The van der Waals surface area contributed by atoms with Gasteiger partial charge >= 0.3 is 11.8 Å². The SMILES string of the molecule is CN1CCN([C@@H](CNC(=O)C(=O)Nc2cccc(F)c2)c2ccc3c(c2)CCN3C)CC1. The van der Waals surface area contributed by atoms with E-state index in [1.165, 1.54) is 29.4 Å². The van der Waals surface area contributed by atoms with E-state index in [9.17, 15) is 14.0 Å². The normalized spacial score (nSPS) is 17.7. The molecule has 4 rings (SSSR count). The lowest BCUT2D eigenvalue weighted by Crippen LogP contribution is -2.49. The molecule has 8 heteroatoms. The molecule has 2 aromatic carbocycles. The summed E-state index contributed by atoms with van der Waals surface area (Å²) in [5, 5.41) is 5.24. The fourth-order valence-electron chi connectivity index (χ4n) is 4.41. The Morgan fingerprint density at radius 2 is 1.78 bits per heavy atom. The molecule has 0 saturated carbocycles. The van der Waals surface area contributed by atoms with E-state index < -0.39 is 17.6 Å². The summed E-state index contributed by atoms with van der Waals surface area (Å²) in [6, 6.07) is 12.0. The molecular weight excluding hydrogens is 409 g/mol. The zero-order valence-corrected chi connectivity index (χ0v) is 18.6. The third kappa shape index (κ3) is 5.08. The van der Waals surface area contributed by atoms with Gasteiger partial charge in [0.1, 0.15) is 5.82 Å². The zero-order valence-electron chi connectivity index (χ0n) is 18.6. The van der Waals surface area contributed by atoms with E-state index in [0.717, 1.165) is 44.7 Å². The predicted molar refractivity (Wildman–Crippen MR) is 123 cm³/mol. The second-order valence-electron chi connectivity index (χ2n) is 8.59. The first-order chi connectivity index (χ1) is 15.4. The van der Waals surface area contributed by atoms with Gasteiger partial charge in [0.25, 0.3) is 0 Å². The summed E-state index contributed by atoms with van der Waals surface area (Å²) >= 11 is 0. The van der Waals surface area contributed by atoms with Gasteiger partial charge in [-0.15, -0.1) is 0 Å². The molecule has 0 unspecified atom stereocenters. The van der Waals surface area contributed by atoms with Crippen LogP contribution in [-0.4, -0.2) is 75.0 Å². The zero-order chi connectivity index (χ0) is 22.7. The van der Waals surface area contributed by atoms with Crippen LogP contribution in [0.2, 0.25) is 0 Å². The van der Waals surface area contributed by atoms with Crippen LogP contribution in [0.1, 0.15) is 17.2 Å². The van der Waals surface area contributed by atoms with E-state index in [0.29, 0.717) is 6.54 Å². The number of halogens is 1. The number of likely N-dealkylation sites (N-methyl/N-ethyl adjacent to an activating group) is 2. The van der Waals surface area contributed by atoms with Crippen LogP contribution < -0.4 is 15.5 Å². The minimum absolute atomic E-state index is 0.0224. The molecule has 2 aromatic rings. The van der Waals surface area contributed by atoms with Gasteiger partial charge in [-0.1, -0.05) is 18.2 Å². The maximum absolute atomic E-state index is 13.3. The number of carbonyl (C=O) groups excluding carboxylic acids is 2. The molecule has 1 fully saturated rings. The number of rotatable bonds is 5. The Kier molecular flexibility index (Phi) is 6.72. The van der Waals surface area contributed by atoms with Gasteiger partial charge in [-0.05, 0) is 48.9 Å². The van der Waals surface area contributed by atoms with Crippen LogP contribution in [0.15, 0.2) is 42.5 Å². The van der Waals surface area contributed by atoms with E-state index in [1.54, 1.807) is 6.07 Å². The lowest BCUT2D eigenvalue weighted by Gasteiger charge is -2.38. The van der Waals surface area contributed by atoms with Gasteiger partial charge < -0.3 is 20.4 Å². The van der Waals surface area contributed by atoms with Gasteiger partial charge in [0, 0.05) is 57.7 Å². The van der Waals surface area contributed by atoms with Crippen LogP contribution in [0, 0.1) is 5.82 Å². The average Bonchev–Trinajstić information content (AvgIpc) is 3.15. The van der Waals surface area contributed by atoms with Crippen molar-refractivity contribution in [3.63, 3.8) is 0 Å². The van der Waals surface area contributed by atoms with Crippen LogP contribution in [0.25, 0.3) is 0 Å². The smallest absolute Gasteiger partial charge is 0.313 e. The van der Waals surface area contributed by atoms with Crippen molar-refractivity contribution in [1.29, 1.82) is 0 Å². The van der Waals surface area contributed by atoms with E-state index >= 15 is 0 Å². The molecule has 1 saturated heterocycles. The first kappa shape index (κ1) is 22.2. The van der Waals surface area contributed by atoms with E-state index in [1.807, 2.05) is 0 Å². The molecule has 2 heterocycles. The van der Waals surface area contributed by atoms with Crippen molar-refractivity contribution in [2.24, 2.45) is 0 Å². The molecule has 2 N–H and O–H groups in total. The van der Waals surface area contributed by atoms with E-state index in [-0.39, 0.29) is 11.7 Å². The van der Waals surface area contributed by atoms with Crippen molar-refractivity contribution >= 4 is 23.2 Å². The topological polar surface area (TPSA) is 67.9 Å². The number of fused-ring (bicyclic) bond motifs is 1. The Morgan fingerprint density at radius 1 is 1.00 bits per heavy atom. The van der Waals surface area contributed by atoms with Crippen molar-refractivity contribution in [2.45, 2.75) is 12.5 Å². The third-order valence-corrected chi connectivity index (χ3v) is 6.34. The summed E-state index contributed by atoms with van der Waals surface area (Å²) in [6.07, 6.45) is 1.01. The Hall–Kier alpha value is -2.97. The molecule has 0 bridgehead atoms. The number of hydrogen-bond donors (Lipinski definition) is 2. The summed E-state index contributed by atoms with van der Waals surface area (Å²) in [5.74, 6) is -2.00. The minimum Gasteiger partial charge on any atom is -0.374 e. The molecule has 0 radical (unpaired) electrons. The third-order valence-electron chi connectivity index (χ3n) is 6.34. The Morgan fingerprint density at radius 3 is 2.53 bits per heavy atom. The van der Waals surface area contributed by atoms with Gasteiger partial charge in [-0.2, -0.15) is 0 Å². The highest BCUT2D eigenvalue weighted by Gasteiger charge is 2.27. The van der Waals surface area contributed by atoms with Gasteiger partial charge in [0.15, 0.2) is 0 Å². The number of anilines is 2. The van der Waals surface area contributed by atoms with Crippen LogP contribution in [-0.2, 0) is 16.0 Å². The summed E-state index contributed by atoms with van der Waals surface area (Å²) < 4.78 is 13.3. The molecule has 32 heavy (non-hydrogen) atoms. The fourth-order valence-corrected chi connectivity index (χ4v) is 4.41.